The summed E-state index contributed by atoms with van der Waals surface area (Å²) in [5.74, 6) is -0.254. The molecule has 32 heavy (non-hydrogen) atoms. The predicted octanol–water partition coefficient (Wildman–Crippen LogP) is 5.37. The number of hydrogen-bond acceptors (Lipinski definition) is 4. The summed E-state index contributed by atoms with van der Waals surface area (Å²) in [4.78, 5) is 12.0. The van der Waals surface area contributed by atoms with Gasteiger partial charge in [0, 0.05) is 19.4 Å². The third-order valence-corrected chi connectivity index (χ3v) is 7.52. The van der Waals surface area contributed by atoms with Crippen molar-refractivity contribution in [2.45, 2.75) is 123 Å². The largest absolute Gasteiger partial charge is 0.748 e. The molecule has 1 unspecified atom stereocenters. The van der Waals surface area contributed by atoms with Crippen LogP contribution in [0.25, 0.3) is 0 Å². The molecule has 192 valence electrons. The molecule has 1 amide bonds. The number of carbonyl (C=O) groups is 1. The van der Waals surface area contributed by atoms with Crippen molar-refractivity contribution in [1.29, 1.82) is 0 Å². The summed E-state index contributed by atoms with van der Waals surface area (Å²) in [5.41, 5.74) is 0. The van der Waals surface area contributed by atoms with Crippen LogP contribution in [0.3, 0.4) is 0 Å². The Labute approximate surface area is 199 Å². The van der Waals surface area contributed by atoms with Crippen LogP contribution in [-0.4, -0.2) is 62.3 Å². The molecule has 0 saturated heterocycles. The maximum atomic E-state index is 12.0. The zero-order chi connectivity index (χ0) is 24.3. The first kappa shape index (κ1) is 31.3. The second kappa shape index (κ2) is 18.7. The van der Waals surface area contributed by atoms with E-state index in [1.165, 1.54) is 77.0 Å². The molecule has 0 spiro atoms. The van der Waals surface area contributed by atoms with Crippen LogP contribution >= 0.6 is 0 Å². The monoisotopic (exact) mass is 476 g/mol. The summed E-state index contributed by atoms with van der Waals surface area (Å²) >= 11 is 0. The predicted molar refractivity (Wildman–Crippen MR) is 134 cm³/mol. The van der Waals surface area contributed by atoms with Gasteiger partial charge in [0.15, 0.2) is 0 Å². The van der Waals surface area contributed by atoms with E-state index in [2.05, 4.69) is 12.2 Å². The zero-order valence-electron chi connectivity index (χ0n) is 21.5. The lowest BCUT2D eigenvalue weighted by molar-refractivity contribution is -0.910. The van der Waals surface area contributed by atoms with Gasteiger partial charge in [-0.15, -0.1) is 0 Å². The standard InChI is InChI=1S/C25H52N2O4S/c1-5-6-7-8-9-10-11-12-13-14-15-16-17-18-20-25(28)26-21-19-22-27(3,4)24(2)23-32(29,30)31/h24H,5-23H2,1-4H3,(H-,26,28,29,30,31). The van der Waals surface area contributed by atoms with Gasteiger partial charge in [0.05, 0.1) is 32.4 Å². The molecule has 0 fully saturated rings. The normalized spacial score (nSPS) is 13.3. The Morgan fingerprint density at radius 1 is 0.812 bits per heavy atom. The molecule has 0 aromatic heterocycles. The SMILES string of the molecule is CCCCCCCCCCCCCCCCC(=O)NCCC[N+](C)(C)C(C)CS(=O)(=O)[O-]. The Balaban J connectivity index is 3.52. The van der Waals surface area contributed by atoms with E-state index in [-0.39, 0.29) is 17.7 Å². The van der Waals surface area contributed by atoms with E-state index >= 15 is 0 Å². The van der Waals surface area contributed by atoms with Gasteiger partial charge in [-0.2, -0.15) is 0 Å². The van der Waals surface area contributed by atoms with Crippen LogP contribution < -0.4 is 5.32 Å². The van der Waals surface area contributed by atoms with Crippen LogP contribution in [0, 0.1) is 0 Å². The van der Waals surface area contributed by atoms with Gasteiger partial charge in [0.1, 0.15) is 10.1 Å². The van der Waals surface area contributed by atoms with E-state index in [0.717, 1.165) is 25.8 Å². The van der Waals surface area contributed by atoms with Gasteiger partial charge in [0.25, 0.3) is 0 Å². The number of nitrogens with one attached hydrogen (secondary N) is 1. The average molecular weight is 477 g/mol. The highest BCUT2D eigenvalue weighted by Crippen LogP contribution is 2.13. The average Bonchev–Trinajstić information content (AvgIpc) is 2.70. The molecule has 1 atom stereocenters. The first-order chi connectivity index (χ1) is 15.1. The molecule has 1 N–H and O–H groups in total. The van der Waals surface area contributed by atoms with Crippen molar-refractivity contribution in [3.63, 3.8) is 0 Å². The minimum atomic E-state index is -4.21. The molecular formula is C25H52N2O4S. The highest BCUT2D eigenvalue weighted by Gasteiger charge is 2.25. The molecular weight excluding hydrogens is 424 g/mol. The maximum absolute atomic E-state index is 12.0. The van der Waals surface area contributed by atoms with Crippen molar-refractivity contribution in [3.8, 4) is 0 Å². The lowest BCUT2D eigenvalue weighted by Crippen LogP contribution is -2.51. The van der Waals surface area contributed by atoms with Crippen molar-refractivity contribution in [2.75, 3.05) is 32.9 Å². The van der Waals surface area contributed by atoms with E-state index in [4.69, 9.17) is 0 Å². The first-order valence-corrected chi connectivity index (χ1v) is 14.7. The lowest BCUT2D eigenvalue weighted by atomic mass is 10.0. The van der Waals surface area contributed by atoms with Gasteiger partial charge in [0.2, 0.25) is 5.91 Å². The van der Waals surface area contributed by atoms with E-state index in [0.29, 0.717) is 17.4 Å². The molecule has 0 heterocycles. The van der Waals surface area contributed by atoms with Gasteiger partial charge in [-0.25, -0.2) is 8.42 Å². The zero-order valence-corrected chi connectivity index (χ0v) is 22.3. The fourth-order valence-electron chi connectivity index (χ4n) is 4.00. The Morgan fingerprint density at radius 2 is 1.25 bits per heavy atom. The van der Waals surface area contributed by atoms with Gasteiger partial charge < -0.3 is 14.4 Å². The summed E-state index contributed by atoms with van der Waals surface area (Å²) < 4.78 is 33.3. The number of nitrogens with zero attached hydrogens (tertiary/aromatic N) is 1. The van der Waals surface area contributed by atoms with Crippen molar-refractivity contribution in [1.82, 2.24) is 5.32 Å². The first-order valence-electron chi connectivity index (χ1n) is 13.1. The van der Waals surface area contributed by atoms with Crippen molar-refractivity contribution in [3.05, 3.63) is 0 Å². The van der Waals surface area contributed by atoms with Crippen LogP contribution in [0.2, 0.25) is 0 Å². The summed E-state index contributed by atoms with van der Waals surface area (Å²) in [5, 5.41) is 2.96. The van der Waals surface area contributed by atoms with Gasteiger partial charge in [-0.05, 0) is 13.3 Å². The summed E-state index contributed by atoms with van der Waals surface area (Å²) in [6, 6.07) is -0.260. The van der Waals surface area contributed by atoms with E-state index in [9.17, 15) is 17.8 Å². The smallest absolute Gasteiger partial charge is 0.219 e. The summed E-state index contributed by atoms with van der Waals surface area (Å²) in [6.07, 6.45) is 19.7. The minimum absolute atomic E-state index is 0.101. The van der Waals surface area contributed by atoms with Gasteiger partial charge in [-0.1, -0.05) is 90.4 Å². The number of quaternary nitrogens is 1. The second-order valence-corrected chi connectivity index (χ2v) is 11.6. The van der Waals surface area contributed by atoms with Crippen molar-refractivity contribution >= 4 is 16.0 Å². The molecule has 0 saturated carbocycles. The lowest BCUT2D eigenvalue weighted by Gasteiger charge is -2.36. The van der Waals surface area contributed by atoms with Crippen LogP contribution in [-0.2, 0) is 14.9 Å². The number of hydrogen-bond donors (Lipinski definition) is 1. The van der Waals surface area contributed by atoms with E-state index in [1.54, 1.807) is 6.92 Å². The van der Waals surface area contributed by atoms with Crippen LogP contribution in [0.15, 0.2) is 0 Å². The number of rotatable bonds is 22. The van der Waals surface area contributed by atoms with Crippen LogP contribution in [0.1, 0.15) is 117 Å². The molecule has 0 aliphatic heterocycles. The minimum Gasteiger partial charge on any atom is -0.748 e. The van der Waals surface area contributed by atoms with E-state index < -0.39 is 10.1 Å². The third-order valence-electron chi connectivity index (χ3n) is 6.63. The number of carbonyl (C=O) groups excluding carboxylic acids is 1. The number of amides is 1. The topological polar surface area (TPSA) is 86.3 Å². The molecule has 0 aromatic rings. The molecule has 0 aliphatic carbocycles. The summed E-state index contributed by atoms with van der Waals surface area (Å²) in [7, 11) is -0.368. The molecule has 0 bridgehead atoms. The van der Waals surface area contributed by atoms with Crippen LogP contribution in [0.4, 0.5) is 0 Å². The van der Waals surface area contributed by atoms with Gasteiger partial charge in [-0.3, -0.25) is 4.79 Å². The molecule has 0 radical (unpaired) electrons. The molecule has 7 heteroatoms. The number of unbranched alkanes of at least 4 members (excludes halogenated alkanes) is 13. The van der Waals surface area contributed by atoms with Crippen LogP contribution in [0.5, 0.6) is 0 Å². The van der Waals surface area contributed by atoms with Crippen molar-refractivity contribution in [2.24, 2.45) is 0 Å². The van der Waals surface area contributed by atoms with Gasteiger partial charge >= 0.3 is 0 Å². The Bertz CT molecular complexity index is 564. The fourth-order valence-corrected chi connectivity index (χ4v) is 4.99. The molecule has 0 aliphatic rings. The highest BCUT2D eigenvalue weighted by molar-refractivity contribution is 7.85. The summed E-state index contributed by atoms with van der Waals surface area (Å²) in [6.45, 7) is 5.36. The fraction of sp³-hybridized carbons (Fsp3) is 0.960. The molecule has 6 nitrogen and oxygen atoms in total. The quantitative estimate of drug-likeness (QED) is 0.129. The molecule has 0 rings (SSSR count). The highest BCUT2D eigenvalue weighted by atomic mass is 32.2. The Kier molecular flexibility index (Phi) is 18.3. The second-order valence-electron chi connectivity index (χ2n) is 10.1. The Hall–Kier alpha value is -0.660. The van der Waals surface area contributed by atoms with E-state index in [1.807, 2.05) is 14.1 Å². The molecule has 0 aromatic carbocycles. The maximum Gasteiger partial charge on any atom is 0.219 e. The Morgan fingerprint density at radius 3 is 1.69 bits per heavy atom. The van der Waals surface area contributed by atoms with Crippen molar-refractivity contribution < 1.29 is 22.2 Å². The third kappa shape index (κ3) is 20.0.